The van der Waals surface area contributed by atoms with Gasteiger partial charge in [0.15, 0.2) is 0 Å². The van der Waals surface area contributed by atoms with Gasteiger partial charge >= 0.3 is 0 Å². The van der Waals surface area contributed by atoms with Crippen LogP contribution in [0.1, 0.15) is 5.56 Å². The van der Waals surface area contributed by atoms with Gasteiger partial charge in [0.1, 0.15) is 0 Å². The molecule has 2 aromatic carbocycles. The highest BCUT2D eigenvalue weighted by Crippen LogP contribution is 2.27. The van der Waals surface area contributed by atoms with Crippen LogP contribution in [0.2, 0.25) is 5.02 Å². The average Bonchev–Trinajstić information content (AvgIpc) is 2.41. The molecule has 19 heavy (non-hydrogen) atoms. The topological polar surface area (TPSA) is 26.0 Å². The van der Waals surface area contributed by atoms with Crippen molar-refractivity contribution in [1.82, 2.24) is 0 Å². The van der Waals surface area contributed by atoms with Gasteiger partial charge in [-0.15, -0.1) is 23.5 Å². The van der Waals surface area contributed by atoms with E-state index in [1.54, 1.807) is 11.8 Å². The predicted octanol–water partition coefficient (Wildman–Crippen LogP) is 5.12. The SMILES string of the molecule is Cc1ccc(SCCSc2ccc(N)c(Cl)c2)cc1. The molecular formula is C15H16ClNS2. The summed E-state index contributed by atoms with van der Waals surface area (Å²) in [5.41, 5.74) is 7.63. The molecule has 0 aliphatic carbocycles. The second-order valence-corrected chi connectivity index (χ2v) is 6.94. The van der Waals surface area contributed by atoms with Gasteiger partial charge in [-0.2, -0.15) is 0 Å². The molecule has 100 valence electrons. The number of benzene rings is 2. The first-order chi connectivity index (χ1) is 9.15. The van der Waals surface area contributed by atoms with Gasteiger partial charge in [0, 0.05) is 21.3 Å². The number of nitrogens with two attached hydrogens (primary N) is 1. The van der Waals surface area contributed by atoms with Crippen molar-refractivity contribution in [2.75, 3.05) is 17.2 Å². The first kappa shape index (κ1) is 14.6. The van der Waals surface area contributed by atoms with E-state index in [-0.39, 0.29) is 0 Å². The molecule has 0 saturated carbocycles. The summed E-state index contributed by atoms with van der Waals surface area (Å²) in [6.07, 6.45) is 0. The van der Waals surface area contributed by atoms with Gasteiger partial charge in [-0.3, -0.25) is 0 Å². The van der Waals surface area contributed by atoms with E-state index < -0.39 is 0 Å². The lowest BCUT2D eigenvalue weighted by molar-refractivity contribution is 1.37. The normalized spacial score (nSPS) is 10.6. The molecule has 0 spiro atoms. The fourth-order valence-electron chi connectivity index (χ4n) is 1.55. The highest BCUT2D eigenvalue weighted by molar-refractivity contribution is 8.03. The maximum atomic E-state index is 5.99. The van der Waals surface area contributed by atoms with Crippen LogP contribution in [0.4, 0.5) is 5.69 Å². The Kier molecular flexibility index (Phi) is 5.49. The van der Waals surface area contributed by atoms with Gasteiger partial charge in [0.25, 0.3) is 0 Å². The van der Waals surface area contributed by atoms with Crippen molar-refractivity contribution < 1.29 is 0 Å². The number of hydrogen-bond acceptors (Lipinski definition) is 3. The zero-order valence-corrected chi connectivity index (χ0v) is 13.1. The van der Waals surface area contributed by atoms with Crippen molar-refractivity contribution in [3.63, 3.8) is 0 Å². The van der Waals surface area contributed by atoms with E-state index in [1.807, 2.05) is 30.0 Å². The van der Waals surface area contributed by atoms with Crippen molar-refractivity contribution in [3.05, 3.63) is 53.1 Å². The van der Waals surface area contributed by atoms with E-state index in [9.17, 15) is 0 Å². The molecule has 2 aromatic rings. The number of nitrogen functional groups attached to an aromatic ring is 1. The first-order valence-electron chi connectivity index (χ1n) is 6.02. The Hall–Kier alpha value is -0.770. The molecule has 1 nitrogen and oxygen atoms in total. The standard InChI is InChI=1S/C15H16ClNS2/c1-11-2-4-12(5-3-11)18-8-9-19-13-6-7-15(17)14(16)10-13/h2-7,10H,8-9,17H2,1H3. The number of aryl methyl sites for hydroxylation is 1. The molecule has 0 aliphatic heterocycles. The molecule has 4 heteroatoms. The Morgan fingerprint density at radius 2 is 1.53 bits per heavy atom. The number of halogens is 1. The van der Waals surface area contributed by atoms with Crippen LogP contribution in [0.25, 0.3) is 0 Å². The third-order valence-electron chi connectivity index (χ3n) is 2.61. The number of anilines is 1. The van der Waals surface area contributed by atoms with Crippen molar-refractivity contribution in [2.45, 2.75) is 16.7 Å². The van der Waals surface area contributed by atoms with Crippen LogP contribution >= 0.6 is 35.1 Å². The van der Waals surface area contributed by atoms with Crippen LogP contribution in [0.5, 0.6) is 0 Å². The largest absolute Gasteiger partial charge is 0.398 e. The van der Waals surface area contributed by atoms with Gasteiger partial charge in [-0.25, -0.2) is 0 Å². The van der Waals surface area contributed by atoms with Gasteiger partial charge in [0.05, 0.1) is 10.7 Å². The third-order valence-corrected chi connectivity index (χ3v) is 5.21. The minimum Gasteiger partial charge on any atom is -0.398 e. The number of thioether (sulfide) groups is 2. The van der Waals surface area contributed by atoms with Crippen molar-refractivity contribution >= 4 is 40.8 Å². The molecule has 0 heterocycles. The van der Waals surface area contributed by atoms with Crippen LogP contribution in [0, 0.1) is 6.92 Å². The van der Waals surface area contributed by atoms with Gasteiger partial charge in [-0.05, 0) is 37.3 Å². The van der Waals surface area contributed by atoms with E-state index in [0.29, 0.717) is 10.7 Å². The molecule has 0 radical (unpaired) electrons. The van der Waals surface area contributed by atoms with E-state index >= 15 is 0 Å². The molecule has 0 atom stereocenters. The summed E-state index contributed by atoms with van der Waals surface area (Å²) < 4.78 is 0. The molecule has 0 aliphatic rings. The number of hydrogen-bond donors (Lipinski definition) is 1. The zero-order chi connectivity index (χ0) is 13.7. The molecule has 0 aromatic heterocycles. The van der Waals surface area contributed by atoms with Crippen molar-refractivity contribution in [2.24, 2.45) is 0 Å². The smallest absolute Gasteiger partial charge is 0.0646 e. The quantitative estimate of drug-likeness (QED) is 0.472. The summed E-state index contributed by atoms with van der Waals surface area (Å²) in [6.45, 7) is 2.11. The van der Waals surface area contributed by atoms with E-state index in [1.165, 1.54) is 15.4 Å². The first-order valence-corrected chi connectivity index (χ1v) is 8.37. The lowest BCUT2D eigenvalue weighted by Gasteiger charge is -2.04. The van der Waals surface area contributed by atoms with E-state index in [2.05, 4.69) is 31.2 Å². The highest BCUT2D eigenvalue weighted by atomic mass is 35.5. The zero-order valence-electron chi connectivity index (χ0n) is 10.7. The number of rotatable bonds is 5. The summed E-state index contributed by atoms with van der Waals surface area (Å²) in [5.74, 6) is 2.13. The van der Waals surface area contributed by atoms with Crippen LogP contribution in [-0.2, 0) is 0 Å². The Morgan fingerprint density at radius 3 is 2.16 bits per heavy atom. The minimum absolute atomic E-state index is 0.635. The molecule has 0 fully saturated rings. The Labute approximate surface area is 127 Å². The van der Waals surface area contributed by atoms with Crippen LogP contribution in [-0.4, -0.2) is 11.5 Å². The van der Waals surface area contributed by atoms with Gasteiger partial charge < -0.3 is 5.73 Å². The fourth-order valence-corrected chi connectivity index (χ4v) is 3.63. The summed E-state index contributed by atoms with van der Waals surface area (Å²) in [7, 11) is 0. The summed E-state index contributed by atoms with van der Waals surface area (Å²) in [5, 5.41) is 0.635. The van der Waals surface area contributed by atoms with E-state index in [0.717, 1.165) is 11.5 Å². The Bertz CT molecular complexity index is 540. The van der Waals surface area contributed by atoms with Crippen molar-refractivity contribution in [1.29, 1.82) is 0 Å². The summed E-state index contributed by atoms with van der Waals surface area (Å²) >= 11 is 9.68. The summed E-state index contributed by atoms with van der Waals surface area (Å²) in [4.78, 5) is 2.49. The molecule has 0 unspecified atom stereocenters. The monoisotopic (exact) mass is 309 g/mol. The third kappa shape index (κ3) is 4.68. The lowest BCUT2D eigenvalue weighted by atomic mass is 10.2. The minimum atomic E-state index is 0.635. The average molecular weight is 310 g/mol. The second-order valence-electron chi connectivity index (χ2n) is 4.19. The Morgan fingerprint density at radius 1 is 0.947 bits per heavy atom. The molecule has 0 saturated heterocycles. The van der Waals surface area contributed by atoms with Crippen molar-refractivity contribution in [3.8, 4) is 0 Å². The van der Waals surface area contributed by atoms with Crippen LogP contribution in [0.15, 0.2) is 52.3 Å². The maximum Gasteiger partial charge on any atom is 0.0646 e. The van der Waals surface area contributed by atoms with Crippen LogP contribution < -0.4 is 5.73 Å². The lowest BCUT2D eigenvalue weighted by Crippen LogP contribution is -1.87. The predicted molar refractivity (Wildman–Crippen MR) is 88.5 cm³/mol. The fraction of sp³-hybridized carbons (Fsp3) is 0.200. The van der Waals surface area contributed by atoms with E-state index in [4.69, 9.17) is 17.3 Å². The molecule has 0 amide bonds. The molecule has 0 bridgehead atoms. The summed E-state index contributed by atoms with van der Waals surface area (Å²) in [6, 6.07) is 14.4. The Balaban J connectivity index is 1.77. The molecule has 2 rings (SSSR count). The van der Waals surface area contributed by atoms with Gasteiger partial charge in [0.2, 0.25) is 0 Å². The molecule has 2 N–H and O–H groups in total. The maximum absolute atomic E-state index is 5.99. The van der Waals surface area contributed by atoms with Gasteiger partial charge in [-0.1, -0.05) is 29.3 Å². The second kappa shape index (κ2) is 7.13. The van der Waals surface area contributed by atoms with Crippen LogP contribution in [0.3, 0.4) is 0 Å². The molecular weight excluding hydrogens is 294 g/mol. The highest BCUT2D eigenvalue weighted by Gasteiger charge is 2.00.